The minimum atomic E-state index is -0.532. The van der Waals surface area contributed by atoms with Gasteiger partial charge in [0.2, 0.25) is 0 Å². The summed E-state index contributed by atoms with van der Waals surface area (Å²) in [6, 6.07) is -0.455. The van der Waals surface area contributed by atoms with Gasteiger partial charge in [0.15, 0.2) is 0 Å². The molecule has 0 spiro atoms. The molecule has 7 nitrogen and oxygen atoms in total. The smallest absolute Gasteiger partial charge is 0.407 e. The molecule has 1 heterocycles. The first-order chi connectivity index (χ1) is 10.2. The van der Waals surface area contributed by atoms with E-state index in [0.717, 1.165) is 10.7 Å². The second-order valence-electron chi connectivity index (χ2n) is 5.88. The van der Waals surface area contributed by atoms with Crippen molar-refractivity contribution < 1.29 is 14.3 Å². The minimum Gasteiger partial charge on any atom is -0.444 e. The zero-order valence-electron chi connectivity index (χ0n) is 13.6. The summed E-state index contributed by atoms with van der Waals surface area (Å²) in [7, 11) is 0. The van der Waals surface area contributed by atoms with Gasteiger partial charge >= 0.3 is 12.1 Å². The van der Waals surface area contributed by atoms with Gasteiger partial charge in [-0.25, -0.2) is 14.6 Å². The molecule has 124 valence electrons. The quantitative estimate of drug-likeness (QED) is 0.723. The average molecular weight is 328 g/mol. The van der Waals surface area contributed by atoms with E-state index < -0.39 is 11.7 Å². The van der Waals surface area contributed by atoms with Crippen molar-refractivity contribution in [2.24, 2.45) is 0 Å². The van der Waals surface area contributed by atoms with Gasteiger partial charge in [0.25, 0.3) is 0 Å². The molecule has 0 radical (unpaired) electrons. The minimum absolute atomic E-state index is 0.155. The Labute approximate surface area is 134 Å². The lowest BCUT2D eigenvalue weighted by atomic mass is 10.2. The number of urea groups is 1. The maximum Gasteiger partial charge on any atom is 0.407 e. The Hall–Kier alpha value is -1.83. The van der Waals surface area contributed by atoms with Gasteiger partial charge in [-0.05, 0) is 34.6 Å². The molecule has 22 heavy (non-hydrogen) atoms. The van der Waals surface area contributed by atoms with Gasteiger partial charge in [-0.2, -0.15) is 0 Å². The number of amides is 3. The molecular weight excluding hydrogens is 304 g/mol. The molecule has 3 N–H and O–H groups in total. The molecule has 1 unspecified atom stereocenters. The van der Waals surface area contributed by atoms with Crippen LogP contribution >= 0.6 is 11.3 Å². The van der Waals surface area contributed by atoms with E-state index in [0.29, 0.717) is 13.1 Å². The number of thiazole rings is 1. The molecule has 1 aromatic heterocycles. The first kappa shape index (κ1) is 18.2. The van der Waals surface area contributed by atoms with E-state index in [1.165, 1.54) is 11.3 Å². The summed E-state index contributed by atoms with van der Waals surface area (Å²) in [4.78, 5) is 27.4. The number of rotatable bonds is 5. The summed E-state index contributed by atoms with van der Waals surface area (Å²) in [6.07, 6.45) is -0.499. The lowest BCUT2D eigenvalue weighted by molar-refractivity contribution is 0.0528. The Morgan fingerprint density at radius 1 is 1.32 bits per heavy atom. The van der Waals surface area contributed by atoms with Crippen molar-refractivity contribution >= 4 is 23.5 Å². The van der Waals surface area contributed by atoms with Gasteiger partial charge in [0.1, 0.15) is 10.6 Å². The highest BCUT2D eigenvalue weighted by Gasteiger charge is 2.16. The second kappa shape index (κ2) is 7.98. The molecule has 0 aliphatic carbocycles. The van der Waals surface area contributed by atoms with E-state index in [9.17, 15) is 9.59 Å². The number of hydrogen-bond acceptors (Lipinski definition) is 5. The molecule has 1 aromatic rings. The Kier molecular flexibility index (Phi) is 6.61. The zero-order valence-corrected chi connectivity index (χ0v) is 14.5. The van der Waals surface area contributed by atoms with E-state index in [4.69, 9.17) is 4.74 Å². The summed E-state index contributed by atoms with van der Waals surface area (Å²) in [5.74, 6) is 0. The lowest BCUT2D eigenvalue weighted by Gasteiger charge is -2.19. The van der Waals surface area contributed by atoms with Gasteiger partial charge in [0.05, 0.1) is 6.04 Å². The van der Waals surface area contributed by atoms with Crippen LogP contribution in [0.15, 0.2) is 5.38 Å². The lowest BCUT2D eigenvalue weighted by Crippen LogP contribution is -2.42. The summed E-state index contributed by atoms with van der Waals surface area (Å²) >= 11 is 1.51. The van der Waals surface area contributed by atoms with Gasteiger partial charge < -0.3 is 20.7 Å². The van der Waals surface area contributed by atoms with E-state index in [1.807, 2.05) is 19.2 Å². The number of alkyl carbamates (subject to hydrolysis) is 1. The molecular formula is C14H24N4O3S. The van der Waals surface area contributed by atoms with Gasteiger partial charge in [-0.3, -0.25) is 0 Å². The third kappa shape index (κ3) is 7.26. The number of aromatic nitrogens is 1. The van der Waals surface area contributed by atoms with E-state index in [-0.39, 0.29) is 12.1 Å². The van der Waals surface area contributed by atoms with Crippen LogP contribution in [0.4, 0.5) is 9.59 Å². The van der Waals surface area contributed by atoms with Crippen LogP contribution in [0.5, 0.6) is 0 Å². The van der Waals surface area contributed by atoms with Crippen LogP contribution in [-0.4, -0.2) is 35.8 Å². The first-order valence-electron chi connectivity index (χ1n) is 7.10. The second-order valence-corrected chi connectivity index (χ2v) is 6.77. The Bertz CT molecular complexity index is 510. The average Bonchev–Trinajstić information content (AvgIpc) is 2.79. The molecule has 0 aromatic carbocycles. The summed E-state index contributed by atoms with van der Waals surface area (Å²) in [6.45, 7) is 9.77. The molecule has 1 rings (SSSR count). The fraction of sp³-hybridized carbons (Fsp3) is 0.643. The Morgan fingerprint density at radius 3 is 2.50 bits per heavy atom. The van der Waals surface area contributed by atoms with Crippen molar-refractivity contribution in [1.82, 2.24) is 20.9 Å². The van der Waals surface area contributed by atoms with Crippen LogP contribution in [0, 0.1) is 6.92 Å². The molecule has 0 aliphatic heterocycles. The van der Waals surface area contributed by atoms with Crippen LogP contribution < -0.4 is 16.0 Å². The van der Waals surface area contributed by atoms with E-state index >= 15 is 0 Å². The highest BCUT2D eigenvalue weighted by Crippen LogP contribution is 2.16. The van der Waals surface area contributed by atoms with Crippen LogP contribution in [0.1, 0.15) is 44.4 Å². The monoisotopic (exact) mass is 328 g/mol. The molecule has 0 bridgehead atoms. The number of nitrogens with one attached hydrogen (secondary N) is 3. The standard InChI is InChI=1S/C14H24N4O3S/c1-9-8-22-11(17-9)10(2)18-12(19)15-6-7-16-13(20)21-14(3,4)5/h8,10H,6-7H2,1-5H3,(H,16,20)(H2,15,18,19). The molecule has 0 saturated carbocycles. The number of nitrogens with zero attached hydrogens (tertiary/aromatic N) is 1. The van der Waals surface area contributed by atoms with Gasteiger partial charge in [-0.15, -0.1) is 11.3 Å². The number of ether oxygens (including phenoxy) is 1. The van der Waals surface area contributed by atoms with Gasteiger partial charge in [0, 0.05) is 24.2 Å². The third-order valence-corrected chi connectivity index (χ3v) is 3.58. The maximum atomic E-state index is 11.7. The first-order valence-corrected chi connectivity index (χ1v) is 7.98. The fourth-order valence-electron chi connectivity index (χ4n) is 1.54. The molecule has 3 amide bonds. The van der Waals surface area contributed by atoms with Gasteiger partial charge in [-0.1, -0.05) is 0 Å². The number of aryl methyl sites for hydroxylation is 1. The molecule has 1 atom stereocenters. The Morgan fingerprint density at radius 2 is 1.95 bits per heavy atom. The highest BCUT2D eigenvalue weighted by molar-refractivity contribution is 7.09. The molecule has 0 aliphatic rings. The van der Waals surface area contributed by atoms with Crippen LogP contribution in [0.3, 0.4) is 0 Å². The van der Waals surface area contributed by atoms with E-state index in [1.54, 1.807) is 20.8 Å². The van der Waals surface area contributed by atoms with Crippen molar-refractivity contribution in [3.05, 3.63) is 16.1 Å². The van der Waals surface area contributed by atoms with Crippen LogP contribution in [0.25, 0.3) is 0 Å². The predicted molar refractivity (Wildman–Crippen MR) is 86.0 cm³/mol. The van der Waals surface area contributed by atoms with Crippen molar-refractivity contribution in [1.29, 1.82) is 0 Å². The summed E-state index contributed by atoms with van der Waals surface area (Å²) in [5.41, 5.74) is 0.409. The summed E-state index contributed by atoms with van der Waals surface area (Å²) < 4.78 is 5.08. The van der Waals surface area contributed by atoms with Crippen molar-refractivity contribution in [3.8, 4) is 0 Å². The zero-order chi connectivity index (χ0) is 16.8. The largest absolute Gasteiger partial charge is 0.444 e. The van der Waals surface area contributed by atoms with Crippen LogP contribution in [0.2, 0.25) is 0 Å². The molecule has 0 fully saturated rings. The van der Waals surface area contributed by atoms with Crippen molar-refractivity contribution in [2.45, 2.75) is 46.3 Å². The van der Waals surface area contributed by atoms with Crippen LogP contribution in [-0.2, 0) is 4.74 Å². The highest BCUT2D eigenvalue weighted by atomic mass is 32.1. The van der Waals surface area contributed by atoms with Crippen molar-refractivity contribution in [3.63, 3.8) is 0 Å². The van der Waals surface area contributed by atoms with Crippen molar-refractivity contribution in [2.75, 3.05) is 13.1 Å². The Balaban J connectivity index is 2.20. The molecule has 8 heteroatoms. The third-order valence-electron chi connectivity index (χ3n) is 2.43. The number of carbonyl (C=O) groups excluding carboxylic acids is 2. The predicted octanol–water partition coefficient (Wildman–Crippen LogP) is 2.34. The fourth-order valence-corrected chi connectivity index (χ4v) is 2.34. The van der Waals surface area contributed by atoms with E-state index in [2.05, 4.69) is 20.9 Å². The number of hydrogen-bond donors (Lipinski definition) is 3. The SMILES string of the molecule is Cc1csc(C(C)NC(=O)NCCNC(=O)OC(C)(C)C)n1. The normalized spacial score (nSPS) is 12.4. The molecule has 0 saturated heterocycles. The topological polar surface area (TPSA) is 92.4 Å². The number of carbonyl (C=O) groups is 2. The maximum absolute atomic E-state index is 11.7. The summed E-state index contributed by atoms with van der Waals surface area (Å²) in [5, 5.41) is 10.8.